The first-order valence-electron chi connectivity index (χ1n) is 5.01. The Balaban J connectivity index is 1.79. The van der Waals surface area contributed by atoms with Crippen LogP contribution in [0.25, 0.3) is 0 Å². The Hall–Kier alpha value is -0.940. The zero-order valence-electron chi connectivity index (χ0n) is 8.44. The number of rotatable bonds is 3. The molecule has 1 aliphatic heterocycles. The molecule has 1 aromatic heterocycles. The van der Waals surface area contributed by atoms with Crippen molar-refractivity contribution < 1.29 is 4.74 Å². The SMILES string of the molecule is Cn1cnnc1CO[C@H]1CCCNC1. The molecule has 0 aliphatic carbocycles. The molecule has 0 amide bonds. The average Bonchev–Trinajstić information content (AvgIpc) is 2.63. The maximum absolute atomic E-state index is 5.72. The van der Waals surface area contributed by atoms with Crippen molar-refractivity contribution >= 4 is 0 Å². The summed E-state index contributed by atoms with van der Waals surface area (Å²) in [5, 5.41) is 11.1. The van der Waals surface area contributed by atoms with Crippen molar-refractivity contribution in [3.63, 3.8) is 0 Å². The summed E-state index contributed by atoms with van der Waals surface area (Å²) in [6, 6.07) is 0. The summed E-state index contributed by atoms with van der Waals surface area (Å²) in [7, 11) is 1.93. The van der Waals surface area contributed by atoms with Crippen LogP contribution in [0, 0.1) is 0 Å². The fourth-order valence-corrected chi connectivity index (χ4v) is 1.59. The number of piperidine rings is 1. The molecule has 0 saturated carbocycles. The Kier molecular flexibility index (Phi) is 3.10. The minimum absolute atomic E-state index is 0.334. The molecule has 14 heavy (non-hydrogen) atoms. The van der Waals surface area contributed by atoms with E-state index in [4.69, 9.17) is 4.74 Å². The van der Waals surface area contributed by atoms with Crippen LogP contribution in [0.1, 0.15) is 18.7 Å². The van der Waals surface area contributed by atoms with E-state index >= 15 is 0 Å². The number of nitrogens with one attached hydrogen (secondary N) is 1. The molecule has 1 atom stereocenters. The minimum atomic E-state index is 0.334. The monoisotopic (exact) mass is 196 g/mol. The van der Waals surface area contributed by atoms with E-state index in [1.54, 1.807) is 6.33 Å². The van der Waals surface area contributed by atoms with Gasteiger partial charge in [-0.15, -0.1) is 10.2 Å². The van der Waals surface area contributed by atoms with E-state index in [-0.39, 0.29) is 0 Å². The number of nitrogens with zero attached hydrogens (tertiary/aromatic N) is 3. The highest BCUT2D eigenvalue weighted by molar-refractivity contribution is 4.81. The van der Waals surface area contributed by atoms with Crippen LogP contribution in [0.3, 0.4) is 0 Å². The Morgan fingerprint density at radius 2 is 2.64 bits per heavy atom. The molecule has 1 aliphatic rings. The van der Waals surface area contributed by atoms with Crippen LogP contribution in [0.4, 0.5) is 0 Å². The van der Waals surface area contributed by atoms with Crippen molar-refractivity contribution in [3.8, 4) is 0 Å². The summed E-state index contributed by atoms with van der Waals surface area (Å²) >= 11 is 0. The predicted molar refractivity (Wildman–Crippen MR) is 51.7 cm³/mol. The topological polar surface area (TPSA) is 52.0 Å². The smallest absolute Gasteiger partial charge is 0.158 e. The third kappa shape index (κ3) is 2.30. The number of aromatic nitrogens is 3. The molecule has 0 unspecified atom stereocenters. The Morgan fingerprint density at radius 1 is 1.71 bits per heavy atom. The first-order chi connectivity index (χ1) is 6.86. The highest BCUT2D eigenvalue weighted by Gasteiger charge is 2.13. The van der Waals surface area contributed by atoms with Gasteiger partial charge < -0.3 is 14.6 Å². The quantitative estimate of drug-likeness (QED) is 0.744. The second-order valence-electron chi connectivity index (χ2n) is 3.64. The standard InChI is InChI=1S/C9H16N4O/c1-13-7-11-12-9(13)6-14-8-3-2-4-10-5-8/h7-8,10H,2-6H2,1H3/t8-/m0/s1. The van der Waals surface area contributed by atoms with Crippen LogP contribution in [-0.4, -0.2) is 34.0 Å². The van der Waals surface area contributed by atoms with Crippen LogP contribution < -0.4 is 5.32 Å². The number of hydrogen-bond donors (Lipinski definition) is 1. The fraction of sp³-hybridized carbons (Fsp3) is 0.778. The molecule has 2 rings (SSSR count). The summed E-state index contributed by atoms with van der Waals surface area (Å²) in [4.78, 5) is 0. The van der Waals surface area contributed by atoms with Gasteiger partial charge in [0.2, 0.25) is 0 Å². The summed E-state index contributed by atoms with van der Waals surface area (Å²) in [5.74, 6) is 0.885. The van der Waals surface area contributed by atoms with Crippen molar-refractivity contribution in [1.82, 2.24) is 20.1 Å². The van der Waals surface area contributed by atoms with E-state index in [2.05, 4.69) is 15.5 Å². The van der Waals surface area contributed by atoms with Gasteiger partial charge in [0.05, 0.1) is 6.10 Å². The van der Waals surface area contributed by atoms with Crippen molar-refractivity contribution in [1.29, 1.82) is 0 Å². The van der Waals surface area contributed by atoms with Gasteiger partial charge in [-0.25, -0.2) is 0 Å². The van der Waals surface area contributed by atoms with Gasteiger partial charge in [-0.1, -0.05) is 0 Å². The normalized spacial score (nSPS) is 22.5. The first-order valence-corrected chi connectivity index (χ1v) is 5.01. The van der Waals surface area contributed by atoms with E-state index in [0.717, 1.165) is 25.3 Å². The molecule has 5 heteroatoms. The van der Waals surface area contributed by atoms with Crippen molar-refractivity contribution in [2.45, 2.75) is 25.6 Å². The van der Waals surface area contributed by atoms with Gasteiger partial charge in [0.15, 0.2) is 5.82 Å². The lowest BCUT2D eigenvalue weighted by Crippen LogP contribution is -2.35. The van der Waals surface area contributed by atoms with E-state index in [0.29, 0.717) is 12.7 Å². The van der Waals surface area contributed by atoms with Crippen LogP contribution in [-0.2, 0) is 18.4 Å². The van der Waals surface area contributed by atoms with Crippen molar-refractivity contribution in [2.24, 2.45) is 7.05 Å². The van der Waals surface area contributed by atoms with Gasteiger partial charge >= 0.3 is 0 Å². The molecule has 0 bridgehead atoms. The van der Waals surface area contributed by atoms with Crippen LogP contribution in [0.2, 0.25) is 0 Å². The van der Waals surface area contributed by atoms with Crippen molar-refractivity contribution in [2.75, 3.05) is 13.1 Å². The molecular formula is C9H16N4O. The lowest BCUT2D eigenvalue weighted by atomic mass is 10.1. The summed E-state index contributed by atoms with van der Waals surface area (Å²) < 4.78 is 7.61. The lowest BCUT2D eigenvalue weighted by Gasteiger charge is -2.22. The molecule has 1 fully saturated rings. The van der Waals surface area contributed by atoms with E-state index in [1.807, 2.05) is 11.6 Å². The summed E-state index contributed by atoms with van der Waals surface area (Å²) in [5.41, 5.74) is 0. The molecule has 0 radical (unpaired) electrons. The second-order valence-corrected chi connectivity index (χ2v) is 3.64. The molecule has 0 aromatic carbocycles. The molecular weight excluding hydrogens is 180 g/mol. The molecule has 5 nitrogen and oxygen atoms in total. The maximum atomic E-state index is 5.72. The maximum Gasteiger partial charge on any atom is 0.158 e. The number of ether oxygens (including phenoxy) is 1. The van der Waals surface area contributed by atoms with Crippen molar-refractivity contribution in [3.05, 3.63) is 12.2 Å². The van der Waals surface area contributed by atoms with E-state index < -0.39 is 0 Å². The first kappa shape index (κ1) is 9.61. The molecule has 1 aromatic rings. The molecule has 78 valence electrons. The zero-order valence-corrected chi connectivity index (χ0v) is 8.44. The van der Waals surface area contributed by atoms with E-state index in [1.165, 1.54) is 6.42 Å². The van der Waals surface area contributed by atoms with Gasteiger partial charge in [-0.3, -0.25) is 0 Å². The second kappa shape index (κ2) is 4.52. The Bertz CT molecular complexity index is 280. The van der Waals surface area contributed by atoms with Gasteiger partial charge in [0, 0.05) is 13.6 Å². The zero-order chi connectivity index (χ0) is 9.80. The largest absolute Gasteiger partial charge is 0.369 e. The minimum Gasteiger partial charge on any atom is -0.369 e. The summed E-state index contributed by atoms with van der Waals surface area (Å²) in [6.45, 7) is 2.63. The van der Waals surface area contributed by atoms with Gasteiger partial charge in [0.1, 0.15) is 12.9 Å². The Morgan fingerprint density at radius 3 is 3.29 bits per heavy atom. The number of aryl methyl sites for hydroxylation is 1. The van der Waals surface area contributed by atoms with Gasteiger partial charge in [-0.05, 0) is 19.4 Å². The van der Waals surface area contributed by atoms with Crippen LogP contribution in [0.15, 0.2) is 6.33 Å². The molecule has 1 N–H and O–H groups in total. The lowest BCUT2D eigenvalue weighted by molar-refractivity contribution is 0.0206. The Labute approximate surface area is 83.5 Å². The third-order valence-corrected chi connectivity index (χ3v) is 2.50. The van der Waals surface area contributed by atoms with Crippen LogP contribution >= 0.6 is 0 Å². The fourth-order valence-electron chi connectivity index (χ4n) is 1.59. The molecule has 2 heterocycles. The highest BCUT2D eigenvalue weighted by atomic mass is 16.5. The van der Waals surface area contributed by atoms with E-state index in [9.17, 15) is 0 Å². The number of hydrogen-bond acceptors (Lipinski definition) is 4. The third-order valence-electron chi connectivity index (χ3n) is 2.50. The predicted octanol–water partition coefficient (Wildman–Crippen LogP) is 0.0837. The highest BCUT2D eigenvalue weighted by Crippen LogP contribution is 2.08. The van der Waals surface area contributed by atoms with Gasteiger partial charge in [-0.2, -0.15) is 0 Å². The summed E-state index contributed by atoms with van der Waals surface area (Å²) in [6.07, 6.45) is 4.37. The average molecular weight is 196 g/mol. The van der Waals surface area contributed by atoms with Gasteiger partial charge in [0.25, 0.3) is 0 Å². The molecule has 0 spiro atoms. The molecule has 1 saturated heterocycles. The van der Waals surface area contributed by atoms with Crippen LogP contribution in [0.5, 0.6) is 0 Å².